The Labute approximate surface area is 162 Å². The zero-order chi connectivity index (χ0) is 20.0. The van der Waals surface area contributed by atoms with E-state index in [-0.39, 0.29) is 18.6 Å². The molecule has 0 amide bonds. The summed E-state index contributed by atoms with van der Waals surface area (Å²) in [6.07, 6.45) is 0. The summed E-state index contributed by atoms with van der Waals surface area (Å²) in [4.78, 5) is 12.6. The summed E-state index contributed by atoms with van der Waals surface area (Å²) in [6.45, 7) is 11.0. The van der Waals surface area contributed by atoms with Gasteiger partial charge in [0.2, 0.25) is 0 Å². The van der Waals surface area contributed by atoms with Gasteiger partial charge in [-0.05, 0) is 46.1 Å². The first-order valence-electron chi connectivity index (χ1n) is 9.08. The molecule has 2 aromatic carbocycles. The Kier molecular flexibility index (Phi) is 7.43. The molecule has 0 N–H and O–H groups in total. The standard InChI is InChI=1S/C22H28O4P/c1-16-13-19(22(3,4)5)14-17(2)20(16)21(23)27(24)26-12-11-25-15-18-9-7-6-8-10-18/h6-10,13-14H,11-12,15H2,1-5H3/q+1. The Hall–Kier alpha value is -1.87. The van der Waals surface area contributed by atoms with Crippen LogP contribution in [0.3, 0.4) is 0 Å². The molecule has 0 saturated carbocycles. The van der Waals surface area contributed by atoms with E-state index in [2.05, 4.69) is 20.8 Å². The van der Waals surface area contributed by atoms with E-state index in [0.29, 0.717) is 12.2 Å². The average Bonchev–Trinajstić information content (AvgIpc) is 2.60. The molecule has 1 atom stereocenters. The maximum atomic E-state index is 12.6. The van der Waals surface area contributed by atoms with Crippen LogP contribution in [0.2, 0.25) is 0 Å². The van der Waals surface area contributed by atoms with Crippen molar-refractivity contribution >= 4 is 13.6 Å². The lowest BCUT2D eigenvalue weighted by atomic mass is 9.84. The fourth-order valence-corrected chi connectivity index (χ4v) is 3.72. The van der Waals surface area contributed by atoms with Crippen molar-refractivity contribution in [3.8, 4) is 0 Å². The first-order valence-corrected chi connectivity index (χ1v) is 10.3. The number of aryl methyl sites for hydroxylation is 2. The van der Waals surface area contributed by atoms with Crippen molar-refractivity contribution in [2.75, 3.05) is 13.2 Å². The van der Waals surface area contributed by atoms with Gasteiger partial charge in [0, 0.05) is 0 Å². The van der Waals surface area contributed by atoms with Crippen LogP contribution >= 0.6 is 8.03 Å². The maximum Gasteiger partial charge on any atom is 0.593 e. The van der Waals surface area contributed by atoms with Crippen molar-refractivity contribution in [3.05, 3.63) is 70.3 Å². The van der Waals surface area contributed by atoms with Gasteiger partial charge in [0.1, 0.15) is 6.61 Å². The molecule has 0 aliphatic rings. The second kappa shape index (κ2) is 9.36. The van der Waals surface area contributed by atoms with Gasteiger partial charge in [0.25, 0.3) is 0 Å². The molecule has 1 unspecified atom stereocenters. The molecule has 0 bridgehead atoms. The van der Waals surface area contributed by atoms with Crippen molar-refractivity contribution in [1.82, 2.24) is 0 Å². The monoisotopic (exact) mass is 387 g/mol. The Morgan fingerprint density at radius 1 is 1.00 bits per heavy atom. The normalized spacial score (nSPS) is 12.1. The van der Waals surface area contributed by atoms with E-state index in [1.54, 1.807) is 0 Å². The van der Waals surface area contributed by atoms with Crippen molar-refractivity contribution in [3.63, 3.8) is 0 Å². The minimum absolute atomic E-state index is 0.00805. The van der Waals surface area contributed by atoms with E-state index < -0.39 is 13.6 Å². The van der Waals surface area contributed by atoms with E-state index in [0.717, 1.165) is 22.3 Å². The molecule has 2 rings (SSSR count). The summed E-state index contributed by atoms with van der Waals surface area (Å²) < 4.78 is 23.0. The smallest absolute Gasteiger partial charge is 0.374 e. The molecule has 2 aromatic rings. The van der Waals surface area contributed by atoms with Crippen LogP contribution in [-0.4, -0.2) is 18.7 Å². The summed E-state index contributed by atoms with van der Waals surface area (Å²) in [5, 5.41) is 0. The molecular weight excluding hydrogens is 359 g/mol. The van der Waals surface area contributed by atoms with Crippen LogP contribution in [0.4, 0.5) is 0 Å². The second-order valence-electron chi connectivity index (χ2n) is 7.67. The van der Waals surface area contributed by atoms with Crippen molar-refractivity contribution in [2.24, 2.45) is 0 Å². The van der Waals surface area contributed by atoms with Gasteiger partial charge >= 0.3 is 13.6 Å². The predicted molar refractivity (Wildman–Crippen MR) is 109 cm³/mol. The fourth-order valence-electron chi connectivity index (χ4n) is 2.83. The van der Waals surface area contributed by atoms with Gasteiger partial charge in [-0.15, -0.1) is 4.52 Å². The average molecular weight is 387 g/mol. The molecule has 0 spiro atoms. The van der Waals surface area contributed by atoms with Crippen molar-refractivity contribution in [2.45, 2.75) is 46.6 Å². The lowest BCUT2D eigenvalue weighted by molar-refractivity contribution is 0.0883. The second-order valence-corrected chi connectivity index (χ2v) is 8.85. The number of carbonyl (C=O) groups is 1. The highest BCUT2D eigenvalue weighted by molar-refractivity contribution is 7.60. The van der Waals surface area contributed by atoms with Gasteiger partial charge in [-0.25, -0.2) is 4.79 Å². The zero-order valence-electron chi connectivity index (χ0n) is 16.7. The Morgan fingerprint density at radius 2 is 1.59 bits per heavy atom. The van der Waals surface area contributed by atoms with Crippen LogP contribution in [0, 0.1) is 13.8 Å². The SMILES string of the molecule is Cc1cc(C(C)(C)C)cc(C)c1C(=O)[P+](=O)OCCOCc1ccccc1. The Bertz CT molecular complexity index is 784. The van der Waals surface area contributed by atoms with E-state index in [9.17, 15) is 9.36 Å². The topological polar surface area (TPSA) is 52.6 Å². The number of rotatable bonds is 8. The molecule has 0 aromatic heterocycles. The third kappa shape index (κ3) is 6.07. The molecule has 0 saturated heterocycles. The molecule has 0 aliphatic heterocycles. The molecule has 5 heteroatoms. The summed E-state index contributed by atoms with van der Waals surface area (Å²) in [5.74, 6) is 0. The molecule has 0 radical (unpaired) electrons. The van der Waals surface area contributed by atoms with Gasteiger partial charge in [0.05, 0.1) is 18.8 Å². The summed E-state index contributed by atoms with van der Waals surface area (Å²) in [7, 11) is -2.43. The van der Waals surface area contributed by atoms with Crippen LogP contribution in [0.5, 0.6) is 0 Å². The van der Waals surface area contributed by atoms with E-state index in [1.165, 1.54) is 0 Å². The van der Waals surface area contributed by atoms with Crippen molar-refractivity contribution in [1.29, 1.82) is 0 Å². The molecular formula is C22H28O4P+. The highest BCUT2D eigenvalue weighted by Gasteiger charge is 2.35. The van der Waals surface area contributed by atoms with Crippen LogP contribution in [0.1, 0.15) is 53.4 Å². The molecule has 27 heavy (non-hydrogen) atoms. The van der Waals surface area contributed by atoms with E-state index in [1.807, 2.05) is 56.3 Å². The number of benzene rings is 2. The Morgan fingerprint density at radius 3 is 2.15 bits per heavy atom. The molecule has 144 valence electrons. The number of hydrogen-bond acceptors (Lipinski definition) is 4. The van der Waals surface area contributed by atoms with Gasteiger partial charge in [-0.3, -0.25) is 0 Å². The minimum atomic E-state index is -2.43. The molecule has 4 nitrogen and oxygen atoms in total. The number of carbonyl (C=O) groups excluding carboxylic acids is 1. The molecule has 0 heterocycles. The largest absolute Gasteiger partial charge is 0.593 e. The first kappa shape index (κ1) is 21.4. The Balaban J connectivity index is 1.90. The highest BCUT2D eigenvalue weighted by Crippen LogP contribution is 2.34. The lowest BCUT2D eigenvalue weighted by Gasteiger charge is -2.21. The minimum Gasteiger partial charge on any atom is -0.374 e. The fraction of sp³-hybridized carbons (Fsp3) is 0.409. The third-order valence-corrected chi connectivity index (χ3v) is 5.30. The van der Waals surface area contributed by atoms with E-state index >= 15 is 0 Å². The van der Waals surface area contributed by atoms with Gasteiger partial charge in [0.15, 0.2) is 0 Å². The molecule has 0 aliphatic carbocycles. The highest BCUT2D eigenvalue weighted by atomic mass is 31.1. The van der Waals surface area contributed by atoms with E-state index in [4.69, 9.17) is 9.26 Å². The third-order valence-electron chi connectivity index (χ3n) is 4.33. The summed E-state index contributed by atoms with van der Waals surface area (Å²) in [5.41, 5.74) is 3.90. The number of hydrogen-bond donors (Lipinski definition) is 0. The quantitative estimate of drug-likeness (QED) is 0.430. The van der Waals surface area contributed by atoms with Crippen LogP contribution in [0.25, 0.3) is 0 Å². The van der Waals surface area contributed by atoms with Crippen LogP contribution < -0.4 is 0 Å². The number of ether oxygens (including phenoxy) is 1. The first-order chi connectivity index (χ1) is 12.7. The van der Waals surface area contributed by atoms with Crippen LogP contribution in [0.15, 0.2) is 42.5 Å². The van der Waals surface area contributed by atoms with Gasteiger partial charge < -0.3 is 4.74 Å². The summed E-state index contributed by atoms with van der Waals surface area (Å²) in [6, 6.07) is 13.8. The molecule has 0 fully saturated rings. The zero-order valence-corrected chi connectivity index (χ0v) is 17.6. The summed E-state index contributed by atoms with van der Waals surface area (Å²) >= 11 is 0. The lowest BCUT2D eigenvalue weighted by Crippen LogP contribution is -2.13. The maximum absolute atomic E-state index is 12.6. The predicted octanol–water partition coefficient (Wildman–Crippen LogP) is 5.72. The van der Waals surface area contributed by atoms with Crippen LogP contribution in [-0.2, 0) is 25.8 Å². The van der Waals surface area contributed by atoms with Gasteiger partial charge in [-0.1, -0.05) is 63.2 Å². The van der Waals surface area contributed by atoms with Crippen molar-refractivity contribution < 1.29 is 18.6 Å². The van der Waals surface area contributed by atoms with Gasteiger partial charge in [-0.2, -0.15) is 0 Å².